The van der Waals surface area contributed by atoms with Crippen LogP contribution in [0.1, 0.15) is 5.89 Å². The molecule has 0 bridgehead atoms. The first kappa shape index (κ1) is 19.9. The van der Waals surface area contributed by atoms with Crippen LogP contribution in [-0.4, -0.2) is 37.4 Å². The number of hydrogen-bond donors (Lipinski definition) is 1. The van der Waals surface area contributed by atoms with Crippen molar-refractivity contribution < 1.29 is 22.4 Å². The van der Waals surface area contributed by atoms with E-state index in [0.717, 1.165) is 10.6 Å². The second-order valence-electron chi connectivity index (χ2n) is 5.59. The van der Waals surface area contributed by atoms with Crippen LogP contribution in [0.15, 0.2) is 68.8 Å². The highest BCUT2D eigenvalue weighted by molar-refractivity contribution is 8.00. The standard InChI is InChI=1S/C18H17N3O5S2/c1-25-13-7-9-14(10-8-13)27-11-16(22)19-18-21-20-17(26-18)12-28(23,24)15-5-3-2-4-6-15/h2-10H,11-12H2,1H3,(H,19,21,22). The SMILES string of the molecule is COc1ccc(SCC(=O)Nc2nnc(CS(=O)(=O)c3ccccc3)o2)cc1. The molecule has 146 valence electrons. The van der Waals surface area contributed by atoms with E-state index in [9.17, 15) is 13.2 Å². The maximum atomic E-state index is 12.3. The summed E-state index contributed by atoms with van der Waals surface area (Å²) >= 11 is 1.33. The Morgan fingerprint density at radius 2 is 1.82 bits per heavy atom. The molecule has 0 aliphatic rings. The number of benzene rings is 2. The first-order chi connectivity index (χ1) is 13.5. The van der Waals surface area contributed by atoms with E-state index in [0.29, 0.717) is 0 Å². The minimum absolute atomic E-state index is 0.0954. The van der Waals surface area contributed by atoms with E-state index in [-0.39, 0.29) is 28.5 Å². The molecule has 0 unspecified atom stereocenters. The summed E-state index contributed by atoms with van der Waals surface area (Å²) in [5.74, 6) is -0.0196. The molecule has 28 heavy (non-hydrogen) atoms. The molecule has 0 aliphatic carbocycles. The number of nitrogens with one attached hydrogen (secondary N) is 1. The molecule has 2 aromatic carbocycles. The maximum absolute atomic E-state index is 12.3. The Morgan fingerprint density at radius 3 is 2.50 bits per heavy atom. The van der Waals surface area contributed by atoms with Gasteiger partial charge in [0.15, 0.2) is 9.84 Å². The largest absolute Gasteiger partial charge is 0.497 e. The van der Waals surface area contributed by atoms with Crippen LogP contribution in [0.5, 0.6) is 5.75 Å². The van der Waals surface area contributed by atoms with Crippen molar-refractivity contribution >= 4 is 33.5 Å². The molecule has 10 heteroatoms. The molecule has 1 amide bonds. The Bertz CT molecular complexity index is 1030. The minimum atomic E-state index is -3.60. The highest BCUT2D eigenvalue weighted by Crippen LogP contribution is 2.21. The predicted octanol–water partition coefficient (Wildman–Crippen LogP) is 2.78. The average Bonchev–Trinajstić information content (AvgIpc) is 3.13. The Kier molecular flexibility index (Phi) is 6.32. The smallest absolute Gasteiger partial charge is 0.322 e. The molecule has 1 aromatic heterocycles. The molecule has 0 atom stereocenters. The molecular weight excluding hydrogens is 402 g/mol. The summed E-state index contributed by atoms with van der Waals surface area (Å²) in [6, 6.07) is 15.1. The second-order valence-corrected chi connectivity index (χ2v) is 8.62. The maximum Gasteiger partial charge on any atom is 0.322 e. The van der Waals surface area contributed by atoms with Gasteiger partial charge in [-0.25, -0.2) is 8.42 Å². The quantitative estimate of drug-likeness (QED) is 0.555. The number of amides is 1. The van der Waals surface area contributed by atoms with Crippen LogP contribution >= 0.6 is 11.8 Å². The first-order valence-electron chi connectivity index (χ1n) is 8.13. The number of methoxy groups -OCH3 is 1. The van der Waals surface area contributed by atoms with Gasteiger partial charge < -0.3 is 9.15 Å². The van der Waals surface area contributed by atoms with Gasteiger partial charge in [-0.1, -0.05) is 23.3 Å². The Hall–Kier alpha value is -2.85. The van der Waals surface area contributed by atoms with Crippen molar-refractivity contribution in [1.29, 1.82) is 0 Å². The minimum Gasteiger partial charge on any atom is -0.497 e. The normalized spacial score (nSPS) is 11.2. The summed E-state index contributed by atoms with van der Waals surface area (Å²) in [6.45, 7) is 0. The van der Waals surface area contributed by atoms with E-state index >= 15 is 0 Å². The second kappa shape index (κ2) is 8.89. The molecule has 1 N–H and O–H groups in total. The fourth-order valence-electron chi connectivity index (χ4n) is 2.21. The van der Waals surface area contributed by atoms with Gasteiger partial charge in [-0.3, -0.25) is 10.1 Å². The van der Waals surface area contributed by atoms with Crippen LogP contribution in [0.25, 0.3) is 0 Å². The van der Waals surface area contributed by atoms with E-state index in [2.05, 4.69) is 15.5 Å². The number of sulfone groups is 1. The van der Waals surface area contributed by atoms with Gasteiger partial charge in [0.25, 0.3) is 0 Å². The fourth-order valence-corrected chi connectivity index (χ4v) is 4.09. The molecule has 0 saturated heterocycles. The fraction of sp³-hybridized carbons (Fsp3) is 0.167. The lowest BCUT2D eigenvalue weighted by atomic mass is 10.3. The highest BCUT2D eigenvalue weighted by Gasteiger charge is 2.20. The number of aromatic nitrogens is 2. The van der Waals surface area contributed by atoms with E-state index in [1.165, 1.54) is 23.9 Å². The van der Waals surface area contributed by atoms with Crippen molar-refractivity contribution in [1.82, 2.24) is 10.2 Å². The lowest BCUT2D eigenvalue weighted by Gasteiger charge is -2.03. The van der Waals surface area contributed by atoms with Crippen LogP contribution < -0.4 is 10.1 Å². The lowest BCUT2D eigenvalue weighted by Crippen LogP contribution is -2.14. The third-order valence-corrected chi connectivity index (χ3v) is 6.19. The van der Waals surface area contributed by atoms with Gasteiger partial charge in [0, 0.05) is 4.90 Å². The number of ether oxygens (including phenoxy) is 1. The molecule has 3 aromatic rings. The summed E-state index contributed by atoms with van der Waals surface area (Å²) in [5.41, 5.74) is 0. The molecule has 0 aliphatic heterocycles. The van der Waals surface area contributed by atoms with Crippen LogP contribution in [0.3, 0.4) is 0 Å². The first-order valence-corrected chi connectivity index (χ1v) is 10.8. The van der Waals surface area contributed by atoms with E-state index in [1.807, 2.05) is 12.1 Å². The van der Waals surface area contributed by atoms with Crippen LogP contribution in [0, 0.1) is 0 Å². The summed E-state index contributed by atoms with van der Waals surface area (Å²) in [7, 11) is -2.02. The Labute approximate surface area is 166 Å². The predicted molar refractivity (Wildman–Crippen MR) is 104 cm³/mol. The molecule has 1 heterocycles. The van der Waals surface area contributed by atoms with Crippen molar-refractivity contribution in [3.8, 4) is 5.75 Å². The van der Waals surface area contributed by atoms with Gasteiger partial charge >= 0.3 is 6.01 Å². The third-order valence-electron chi connectivity index (χ3n) is 3.56. The van der Waals surface area contributed by atoms with Crippen LogP contribution in [0.4, 0.5) is 6.01 Å². The molecule has 0 fully saturated rings. The van der Waals surface area contributed by atoms with Gasteiger partial charge in [0.05, 0.1) is 17.8 Å². The van der Waals surface area contributed by atoms with Gasteiger partial charge in [-0.15, -0.1) is 16.9 Å². The van der Waals surface area contributed by atoms with Gasteiger partial charge in [0.1, 0.15) is 11.5 Å². The third kappa shape index (κ3) is 5.33. The monoisotopic (exact) mass is 419 g/mol. The van der Waals surface area contributed by atoms with E-state index < -0.39 is 15.6 Å². The Balaban J connectivity index is 1.54. The van der Waals surface area contributed by atoms with Crippen molar-refractivity contribution in [3.05, 3.63) is 60.5 Å². The summed E-state index contributed by atoms with van der Waals surface area (Å²) in [5, 5.41) is 9.82. The molecule has 0 spiro atoms. The summed E-state index contributed by atoms with van der Waals surface area (Å²) in [6.07, 6.45) is 0. The number of thioether (sulfide) groups is 1. The number of nitrogens with zero attached hydrogens (tertiary/aromatic N) is 2. The van der Waals surface area contributed by atoms with Crippen molar-refractivity contribution in [3.63, 3.8) is 0 Å². The van der Waals surface area contributed by atoms with Gasteiger partial charge in [-0.05, 0) is 36.4 Å². The number of rotatable bonds is 8. The molecule has 3 rings (SSSR count). The van der Waals surface area contributed by atoms with E-state index in [4.69, 9.17) is 9.15 Å². The number of carbonyl (C=O) groups excluding carboxylic acids is 1. The zero-order valence-corrected chi connectivity index (χ0v) is 16.5. The number of anilines is 1. The molecule has 0 radical (unpaired) electrons. The number of carbonyl (C=O) groups is 1. The van der Waals surface area contributed by atoms with Crippen LogP contribution in [0.2, 0.25) is 0 Å². The summed E-state index contributed by atoms with van der Waals surface area (Å²) in [4.78, 5) is 13.1. The van der Waals surface area contributed by atoms with Crippen molar-refractivity contribution in [2.45, 2.75) is 15.5 Å². The summed E-state index contributed by atoms with van der Waals surface area (Å²) < 4.78 is 34.9. The van der Waals surface area contributed by atoms with Crippen molar-refractivity contribution in [2.75, 3.05) is 18.2 Å². The Morgan fingerprint density at radius 1 is 1.11 bits per heavy atom. The lowest BCUT2D eigenvalue weighted by molar-refractivity contribution is -0.113. The van der Waals surface area contributed by atoms with Gasteiger partial charge in [0.2, 0.25) is 11.8 Å². The zero-order valence-electron chi connectivity index (χ0n) is 14.9. The van der Waals surface area contributed by atoms with E-state index in [1.54, 1.807) is 37.4 Å². The molecule has 0 saturated carbocycles. The molecule has 8 nitrogen and oxygen atoms in total. The van der Waals surface area contributed by atoms with Crippen molar-refractivity contribution in [2.24, 2.45) is 0 Å². The van der Waals surface area contributed by atoms with Gasteiger partial charge in [-0.2, -0.15) is 0 Å². The van der Waals surface area contributed by atoms with Crippen LogP contribution in [-0.2, 0) is 20.4 Å². The topological polar surface area (TPSA) is 111 Å². The average molecular weight is 419 g/mol. The molecular formula is C18H17N3O5S2. The highest BCUT2D eigenvalue weighted by atomic mass is 32.2. The zero-order chi connectivity index (χ0) is 20.0. The number of hydrogen-bond acceptors (Lipinski definition) is 8.